The third-order valence-electron chi connectivity index (χ3n) is 3.20. The number of carbonyl (C=O) groups is 2. The highest BCUT2D eigenvalue weighted by Crippen LogP contribution is 2.28. The molecule has 2 rings (SSSR count). The van der Waals surface area contributed by atoms with Gasteiger partial charge in [0, 0.05) is 0 Å². The van der Waals surface area contributed by atoms with Crippen molar-refractivity contribution in [3.63, 3.8) is 0 Å². The lowest BCUT2D eigenvalue weighted by Crippen LogP contribution is -2.13. The van der Waals surface area contributed by atoms with Crippen LogP contribution in [-0.4, -0.2) is 37.7 Å². The molecule has 0 radical (unpaired) electrons. The summed E-state index contributed by atoms with van der Waals surface area (Å²) in [6, 6.07) is 7.51. The van der Waals surface area contributed by atoms with Gasteiger partial charge in [-0.25, -0.2) is 14.6 Å². The van der Waals surface area contributed by atoms with E-state index in [9.17, 15) is 9.59 Å². The summed E-state index contributed by atoms with van der Waals surface area (Å²) in [6.07, 6.45) is 0. The summed E-state index contributed by atoms with van der Waals surface area (Å²) in [7, 11) is 2.68. The molecule has 26 heavy (non-hydrogen) atoms. The fourth-order valence-corrected chi connectivity index (χ4v) is 2.21. The van der Waals surface area contributed by atoms with Crippen molar-refractivity contribution in [2.24, 2.45) is 0 Å². The number of rotatable bonds is 7. The highest BCUT2D eigenvalue weighted by Gasteiger charge is 2.15. The standard InChI is InChI=1S/C17H15Cl2NO6/c1-23-13-5-3-10(7-14(13)25-9-16(21)24-2)17(22)26-8-12-11(18)4-6-15(19)20-12/h3-7H,8-9H2,1-2H3. The molecule has 0 fully saturated rings. The number of nitrogens with zero attached hydrogens (tertiary/aromatic N) is 1. The van der Waals surface area contributed by atoms with Crippen molar-refractivity contribution in [3.8, 4) is 11.5 Å². The van der Waals surface area contributed by atoms with Gasteiger partial charge in [-0.1, -0.05) is 23.2 Å². The number of esters is 2. The molecule has 1 heterocycles. The second kappa shape index (κ2) is 9.26. The van der Waals surface area contributed by atoms with Gasteiger partial charge in [0.05, 0.1) is 30.5 Å². The van der Waals surface area contributed by atoms with Crippen LogP contribution in [-0.2, 0) is 20.9 Å². The molecule has 0 saturated carbocycles. The lowest BCUT2D eigenvalue weighted by atomic mass is 10.2. The van der Waals surface area contributed by atoms with Gasteiger partial charge in [0.25, 0.3) is 0 Å². The Morgan fingerprint density at radius 2 is 1.85 bits per heavy atom. The summed E-state index contributed by atoms with van der Waals surface area (Å²) in [5.74, 6) is -0.647. The summed E-state index contributed by atoms with van der Waals surface area (Å²) < 4.78 is 20.1. The van der Waals surface area contributed by atoms with Crippen molar-refractivity contribution >= 4 is 35.1 Å². The highest BCUT2D eigenvalue weighted by atomic mass is 35.5. The number of carbonyl (C=O) groups excluding carboxylic acids is 2. The van der Waals surface area contributed by atoms with Gasteiger partial charge in [-0.2, -0.15) is 0 Å². The first kappa shape index (κ1) is 19.8. The Balaban J connectivity index is 2.10. The van der Waals surface area contributed by atoms with E-state index in [1.54, 1.807) is 6.07 Å². The summed E-state index contributed by atoms with van der Waals surface area (Å²) in [6.45, 7) is -0.476. The monoisotopic (exact) mass is 399 g/mol. The third-order valence-corrected chi connectivity index (χ3v) is 3.75. The Kier molecular flexibility index (Phi) is 7.06. The van der Waals surface area contributed by atoms with E-state index in [0.717, 1.165) is 0 Å². The molecule has 9 heteroatoms. The highest BCUT2D eigenvalue weighted by molar-refractivity contribution is 6.32. The first-order valence-corrected chi connectivity index (χ1v) is 8.06. The quantitative estimate of drug-likeness (QED) is 0.521. The molecule has 0 bridgehead atoms. The zero-order valence-corrected chi connectivity index (χ0v) is 15.5. The number of pyridine rings is 1. The number of hydrogen-bond acceptors (Lipinski definition) is 7. The molecule has 0 atom stereocenters. The molecule has 0 aliphatic rings. The van der Waals surface area contributed by atoms with Crippen molar-refractivity contribution in [3.05, 3.63) is 51.8 Å². The van der Waals surface area contributed by atoms with Crippen molar-refractivity contribution in [2.75, 3.05) is 20.8 Å². The van der Waals surface area contributed by atoms with Crippen LogP contribution >= 0.6 is 23.2 Å². The van der Waals surface area contributed by atoms with Crippen molar-refractivity contribution in [1.29, 1.82) is 0 Å². The van der Waals surface area contributed by atoms with E-state index in [1.807, 2.05) is 0 Å². The molecule has 138 valence electrons. The average Bonchev–Trinajstić information content (AvgIpc) is 2.66. The molecule has 1 aromatic carbocycles. The van der Waals surface area contributed by atoms with Gasteiger partial charge in [0.1, 0.15) is 11.8 Å². The Morgan fingerprint density at radius 3 is 2.54 bits per heavy atom. The van der Waals surface area contributed by atoms with Crippen LogP contribution in [0.5, 0.6) is 11.5 Å². The summed E-state index contributed by atoms with van der Waals surface area (Å²) >= 11 is 11.8. The molecule has 0 aliphatic heterocycles. The van der Waals surface area contributed by atoms with E-state index in [2.05, 4.69) is 9.72 Å². The minimum atomic E-state index is -0.631. The van der Waals surface area contributed by atoms with Crippen LogP contribution in [0.3, 0.4) is 0 Å². The van der Waals surface area contributed by atoms with Crippen molar-refractivity contribution in [2.45, 2.75) is 6.61 Å². The molecule has 0 unspecified atom stereocenters. The minimum Gasteiger partial charge on any atom is -0.493 e. The van der Waals surface area contributed by atoms with Gasteiger partial charge in [-0.15, -0.1) is 0 Å². The summed E-state index contributed by atoms with van der Waals surface area (Å²) in [5, 5.41) is 0.572. The number of hydrogen-bond donors (Lipinski definition) is 0. The number of ether oxygens (including phenoxy) is 4. The molecule has 0 spiro atoms. The molecule has 0 amide bonds. The number of benzene rings is 1. The van der Waals surface area contributed by atoms with Crippen LogP contribution < -0.4 is 9.47 Å². The van der Waals surface area contributed by atoms with Gasteiger partial charge >= 0.3 is 11.9 Å². The fraction of sp³-hybridized carbons (Fsp3) is 0.235. The van der Waals surface area contributed by atoms with Crippen LogP contribution in [0.1, 0.15) is 16.1 Å². The van der Waals surface area contributed by atoms with Crippen LogP contribution in [0.4, 0.5) is 0 Å². The molecular formula is C17H15Cl2NO6. The number of methoxy groups -OCH3 is 2. The molecule has 0 saturated heterocycles. The Morgan fingerprint density at radius 1 is 1.08 bits per heavy atom. The lowest BCUT2D eigenvalue weighted by Gasteiger charge is -2.11. The zero-order chi connectivity index (χ0) is 19.1. The van der Waals surface area contributed by atoms with E-state index < -0.39 is 11.9 Å². The molecule has 2 aromatic rings. The van der Waals surface area contributed by atoms with Gasteiger partial charge in [0.2, 0.25) is 0 Å². The summed E-state index contributed by atoms with van der Waals surface area (Å²) in [5.41, 5.74) is 0.534. The number of aromatic nitrogens is 1. The van der Waals surface area contributed by atoms with E-state index in [4.69, 9.17) is 37.4 Å². The molecule has 0 aliphatic carbocycles. The molecule has 7 nitrogen and oxygen atoms in total. The smallest absolute Gasteiger partial charge is 0.343 e. The maximum Gasteiger partial charge on any atom is 0.343 e. The predicted octanol–water partition coefficient (Wildman–Crippen LogP) is 3.31. The van der Waals surface area contributed by atoms with Crippen molar-refractivity contribution in [1.82, 2.24) is 4.98 Å². The van der Waals surface area contributed by atoms with Gasteiger partial charge in [-0.3, -0.25) is 0 Å². The SMILES string of the molecule is COC(=O)COc1cc(C(=O)OCc2nc(Cl)ccc2Cl)ccc1OC. The maximum atomic E-state index is 12.2. The maximum absolute atomic E-state index is 12.2. The Labute approximate surface area is 159 Å². The molecule has 0 N–H and O–H groups in total. The van der Waals surface area contributed by atoms with Gasteiger partial charge in [-0.05, 0) is 30.3 Å². The van der Waals surface area contributed by atoms with E-state index >= 15 is 0 Å². The van der Waals surface area contributed by atoms with Gasteiger partial charge < -0.3 is 18.9 Å². The van der Waals surface area contributed by atoms with Crippen LogP contribution in [0, 0.1) is 0 Å². The summed E-state index contributed by atoms with van der Waals surface area (Å²) in [4.78, 5) is 27.5. The first-order valence-electron chi connectivity index (χ1n) is 7.30. The van der Waals surface area contributed by atoms with E-state index in [-0.39, 0.29) is 29.7 Å². The first-order chi connectivity index (χ1) is 12.4. The fourth-order valence-electron chi connectivity index (χ4n) is 1.89. The van der Waals surface area contributed by atoms with Crippen LogP contribution in [0.2, 0.25) is 10.2 Å². The average molecular weight is 400 g/mol. The molecule has 1 aromatic heterocycles. The minimum absolute atomic E-state index is 0.150. The number of halogens is 2. The topological polar surface area (TPSA) is 84.0 Å². The Bertz CT molecular complexity index is 812. The Hall–Kier alpha value is -2.51. The second-order valence-corrected chi connectivity index (χ2v) is 5.66. The lowest BCUT2D eigenvalue weighted by molar-refractivity contribution is -0.142. The molecular weight excluding hydrogens is 385 g/mol. The van der Waals surface area contributed by atoms with E-state index in [1.165, 1.54) is 38.5 Å². The zero-order valence-electron chi connectivity index (χ0n) is 14.0. The third kappa shape index (κ3) is 5.24. The van der Waals surface area contributed by atoms with Crippen molar-refractivity contribution < 1.29 is 28.5 Å². The van der Waals surface area contributed by atoms with E-state index in [0.29, 0.717) is 16.5 Å². The second-order valence-electron chi connectivity index (χ2n) is 4.87. The predicted molar refractivity (Wildman–Crippen MR) is 93.9 cm³/mol. The largest absolute Gasteiger partial charge is 0.493 e. The normalized spacial score (nSPS) is 10.2. The van der Waals surface area contributed by atoms with Crippen LogP contribution in [0.25, 0.3) is 0 Å². The van der Waals surface area contributed by atoms with Crippen LogP contribution in [0.15, 0.2) is 30.3 Å². The van der Waals surface area contributed by atoms with Gasteiger partial charge in [0.15, 0.2) is 18.1 Å².